The van der Waals surface area contributed by atoms with Gasteiger partial charge in [-0.05, 0) is 33.1 Å². The minimum absolute atomic E-state index is 0.0283. The van der Waals surface area contributed by atoms with Gasteiger partial charge in [0.05, 0.1) is 36.4 Å². The number of methoxy groups -OCH3 is 1. The summed E-state index contributed by atoms with van der Waals surface area (Å²) in [5.74, 6) is 0.590. The maximum atomic E-state index is 13.2. The van der Waals surface area contributed by atoms with Gasteiger partial charge in [-0.2, -0.15) is 5.10 Å². The van der Waals surface area contributed by atoms with Crippen LogP contribution in [0.4, 0.5) is 0 Å². The van der Waals surface area contributed by atoms with Crippen LogP contribution >= 0.6 is 11.3 Å². The van der Waals surface area contributed by atoms with Gasteiger partial charge in [-0.15, -0.1) is 11.3 Å². The molecule has 0 spiro atoms. The molecule has 10 heteroatoms. The molecule has 4 aromatic heterocycles. The fraction of sp³-hybridized carbons (Fsp3) is 0.500. The van der Waals surface area contributed by atoms with Gasteiger partial charge < -0.3 is 14.8 Å². The third-order valence-electron chi connectivity index (χ3n) is 7.21. The summed E-state index contributed by atoms with van der Waals surface area (Å²) in [7, 11) is 1.60. The first-order chi connectivity index (χ1) is 16.3. The highest BCUT2D eigenvalue weighted by Gasteiger charge is 2.49. The highest BCUT2D eigenvalue weighted by Crippen LogP contribution is 2.49. The van der Waals surface area contributed by atoms with E-state index in [-0.39, 0.29) is 22.7 Å². The summed E-state index contributed by atoms with van der Waals surface area (Å²) in [5.41, 5.74) is 2.23. The van der Waals surface area contributed by atoms with Gasteiger partial charge in [0, 0.05) is 41.7 Å². The van der Waals surface area contributed by atoms with Crippen molar-refractivity contribution in [2.75, 3.05) is 20.2 Å². The second-order valence-corrected chi connectivity index (χ2v) is 10.8. The summed E-state index contributed by atoms with van der Waals surface area (Å²) in [6, 6.07) is 3.33. The van der Waals surface area contributed by atoms with Crippen molar-refractivity contribution in [1.82, 2.24) is 29.3 Å². The summed E-state index contributed by atoms with van der Waals surface area (Å²) in [6.07, 6.45) is 6.86. The Kier molecular flexibility index (Phi) is 4.84. The summed E-state index contributed by atoms with van der Waals surface area (Å²) < 4.78 is 15.2. The Bertz CT molecular complexity index is 1470. The highest BCUT2D eigenvalue weighted by molar-refractivity contribution is 7.17. The average molecular weight is 481 g/mol. The Labute approximate surface area is 200 Å². The largest absolute Gasteiger partial charge is 0.493 e. The monoisotopic (exact) mass is 480 g/mol. The van der Waals surface area contributed by atoms with E-state index >= 15 is 0 Å². The van der Waals surface area contributed by atoms with Crippen molar-refractivity contribution >= 4 is 21.9 Å². The molecule has 9 nitrogen and oxygen atoms in total. The van der Waals surface area contributed by atoms with E-state index in [1.165, 1.54) is 4.88 Å². The fourth-order valence-electron chi connectivity index (χ4n) is 5.67. The molecule has 1 N–H and O–H groups in total. The number of ether oxygens (including phenoxy) is 2. The van der Waals surface area contributed by atoms with Crippen LogP contribution in [0, 0.1) is 6.92 Å². The number of nitrogens with zero attached hydrogens (tertiary/aromatic N) is 5. The van der Waals surface area contributed by atoms with E-state index in [4.69, 9.17) is 14.5 Å². The number of imidazole rings is 1. The third-order valence-corrected chi connectivity index (χ3v) is 8.44. The number of hydrogen-bond donors (Lipinski definition) is 1. The molecule has 0 aliphatic carbocycles. The zero-order chi connectivity index (χ0) is 23.7. The third kappa shape index (κ3) is 3.35. The molecule has 0 unspecified atom stereocenters. The number of morpholine rings is 1. The minimum atomic E-state index is -0.199. The van der Waals surface area contributed by atoms with Gasteiger partial charge in [-0.25, -0.2) is 14.5 Å². The van der Waals surface area contributed by atoms with Crippen molar-refractivity contribution in [2.24, 2.45) is 0 Å². The Hall–Kier alpha value is -2.82. The molecule has 4 aromatic rings. The molecule has 0 saturated carbocycles. The lowest BCUT2D eigenvalue weighted by Gasteiger charge is -2.52. The van der Waals surface area contributed by atoms with Crippen LogP contribution in [0.15, 0.2) is 29.3 Å². The standard InChI is InChI=1S/C24H28N6O3S/c1-5-24(8-15-9-25-13-23(3,12-24)33-15)19-11-29-20(31)7-16(27-22(29)34-19)17-6-18(32-4)21-26-14(2)10-30(21)28-17/h6-7,10-11,15,25H,5,8-9,12-13H2,1-4H3/t15-,23+,24-/m1/s1. The minimum Gasteiger partial charge on any atom is -0.493 e. The van der Waals surface area contributed by atoms with Crippen molar-refractivity contribution in [3.8, 4) is 17.1 Å². The Balaban J connectivity index is 1.46. The molecule has 3 atom stereocenters. The van der Waals surface area contributed by atoms with Crippen LogP contribution in [-0.4, -0.2) is 55.9 Å². The molecule has 2 bridgehead atoms. The second-order valence-electron chi connectivity index (χ2n) is 9.81. The second kappa shape index (κ2) is 7.59. The topological polar surface area (TPSA) is 95.1 Å². The van der Waals surface area contributed by atoms with Gasteiger partial charge >= 0.3 is 0 Å². The fourth-order valence-corrected chi connectivity index (χ4v) is 6.93. The van der Waals surface area contributed by atoms with Gasteiger partial charge in [-0.1, -0.05) is 6.92 Å². The maximum Gasteiger partial charge on any atom is 0.259 e. The molecular formula is C24H28N6O3S. The molecule has 0 amide bonds. The summed E-state index contributed by atoms with van der Waals surface area (Å²) >= 11 is 1.60. The molecule has 2 fully saturated rings. The van der Waals surface area contributed by atoms with Crippen LogP contribution in [0.2, 0.25) is 0 Å². The molecule has 2 aliphatic rings. The van der Waals surface area contributed by atoms with Crippen molar-refractivity contribution in [3.63, 3.8) is 0 Å². The van der Waals surface area contributed by atoms with Crippen LogP contribution in [0.5, 0.6) is 5.75 Å². The van der Waals surface area contributed by atoms with Gasteiger partial charge in [0.2, 0.25) is 0 Å². The molecule has 178 valence electrons. The molecule has 6 rings (SSSR count). The van der Waals surface area contributed by atoms with E-state index in [0.717, 1.165) is 38.0 Å². The molecular weight excluding hydrogens is 452 g/mol. The van der Waals surface area contributed by atoms with Crippen LogP contribution in [0.3, 0.4) is 0 Å². The van der Waals surface area contributed by atoms with Crippen molar-refractivity contribution in [2.45, 2.75) is 57.2 Å². The lowest BCUT2D eigenvalue weighted by Crippen LogP contribution is -2.60. The van der Waals surface area contributed by atoms with Crippen molar-refractivity contribution in [1.29, 1.82) is 0 Å². The summed E-state index contributed by atoms with van der Waals surface area (Å²) in [5, 5.41) is 8.15. The first-order valence-electron chi connectivity index (χ1n) is 11.7. The first-order valence-corrected chi connectivity index (χ1v) is 12.5. The Morgan fingerprint density at radius 1 is 1.29 bits per heavy atom. The number of hydrogen-bond acceptors (Lipinski definition) is 8. The number of nitrogens with one attached hydrogen (secondary N) is 1. The van der Waals surface area contributed by atoms with E-state index < -0.39 is 0 Å². The number of thiazole rings is 1. The van der Waals surface area contributed by atoms with Crippen LogP contribution in [-0.2, 0) is 10.2 Å². The molecule has 0 aromatic carbocycles. The predicted octanol–water partition coefficient (Wildman–Crippen LogP) is 2.97. The first kappa shape index (κ1) is 21.7. The lowest BCUT2D eigenvalue weighted by molar-refractivity contribution is -0.161. The molecule has 2 aliphatic heterocycles. The van der Waals surface area contributed by atoms with E-state index in [9.17, 15) is 4.79 Å². The summed E-state index contributed by atoms with van der Waals surface area (Å²) in [6.45, 7) is 8.06. The molecule has 2 saturated heterocycles. The van der Waals surface area contributed by atoms with E-state index in [1.54, 1.807) is 39.5 Å². The average Bonchev–Trinajstić information content (AvgIpc) is 3.40. The maximum absolute atomic E-state index is 13.2. The van der Waals surface area contributed by atoms with Gasteiger partial charge in [-0.3, -0.25) is 9.20 Å². The number of aryl methyl sites for hydroxylation is 1. The zero-order valence-electron chi connectivity index (χ0n) is 19.8. The smallest absolute Gasteiger partial charge is 0.259 e. The van der Waals surface area contributed by atoms with E-state index in [1.807, 2.05) is 19.3 Å². The van der Waals surface area contributed by atoms with E-state index in [2.05, 4.69) is 29.2 Å². The number of aromatic nitrogens is 5. The Morgan fingerprint density at radius 2 is 2.15 bits per heavy atom. The molecule has 0 radical (unpaired) electrons. The highest BCUT2D eigenvalue weighted by atomic mass is 32.1. The normalized spacial score (nSPS) is 26.9. The SMILES string of the molecule is CC[C@@]1(c2cn3c(=O)cc(-c4cc(OC)c5nc(C)cn5n4)nc3s2)C[C@@H]2CNC[C@](C)(C1)O2. The van der Waals surface area contributed by atoms with Gasteiger partial charge in [0.1, 0.15) is 5.69 Å². The van der Waals surface area contributed by atoms with Crippen LogP contribution in [0.25, 0.3) is 22.0 Å². The Morgan fingerprint density at radius 3 is 2.91 bits per heavy atom. The van der Waals surface area contributed by atoms with Crippen LogP contribution in [0.1, 0.15) is 43.7 Å². The number of rotatable bonds is 4. The predicted molar refractivity (Wildman–Crippen MR) is 130 cm³/mol. The van der Waals surface area contributed by atoms with Crippen molar-refractivity contribution < 1.29 is 9.47 Å². The summed E-state index contributed by atoms with van der Waals surface area (Å²) in [4.78, 5) is 24.3. The molecule has 6 heterocycles. The van der Waals surface area contributed by atoms with Crippen molar-refractivity contribution in [3.05, 3.63) is 45.5 Å². The van der Waals surface area contributed by atoms with Gasteiger partial charge in [0.25, 0.3) is 5.56 Å². The molecule has 34 heavy (non-hydrogen) atoms. The quantitative estimate of drug-likeness (QED) is 0.480. The number of fused-ring (bicyclic) bond motifs is 4. The zero-order valence-corrected chi connectivity index (χ0v) is 20.6. The van der Waals surface area contributed by atoms with Gasteiger partial charge in [0.15, 0.2) is 16.4 Å². The lowest BCUT2D eigenvalue weighted by atomic mass is 9.68. The van der Waals surface area contributed by atoms with Crippen LogP contribution < -0.4 is 15.6 Å². The van der Waals surface area contributed by atoms with E-state index in [0.29, 0.717) is 27.7 Å².